The number of rotatable bonds is 1. The van der Waals surface area contributed by atoms with Crippen molar-refractivity contribution in [2.75, 3.05) is 0 Å². The van der Waals surface area contributed by atoms with E-state index in [-0.39, 0.29) is 0 Å². The molecule has 2 nitrogen and oxygen atoms in total. The molecule has 0 spiro atoms. The lowest BCUT2D eigenvalue weighted by Crippen LogP contribution is -1.84. The summed E-state index contributed by atoms with van der Waals surface area (Å²) in [5.41, 5.74) is 1.03. The second-order valence-electron chi connectivity index (χ2n) is 2.21. The fourth-order valence-corrected chi connectivity index (χ4v) is 0.955. The highest BCUT2D eigenvalue weighted by atomic mass is 127. The summed E-state index contributed by atoms with van der Waals surface area (Å²) in [6, 6.07) is 1.95. The van der Waals surface area contributed by atoms with Gasteiger partial charge in [0, 0.05) is 28.7 Å². The first kappa shape index (κ1) is 7.05. The molecule has 0 bridgehead atoms. The summed E-state index contributed by atoms with van der Waals surface area (Å²) in [5.74, 6) is 0.470. The van der Waals surface area contributed by atoms with Gasteiger partial charge in [0.2, 0.25) is 0 Å². The summed E-state index contributed by atoms with van der Waals surface area (Å²) in [7, 11) is 0. The van der Waals surface area contributed by atoms with Crippen LogP contribution in [-0.2, 0) is 0 Å². The quantitative estimate of drug-likeness (QED) is 0.701. The lowest BCUT2D eigenvalue weighted by molar-refractivity contribution is 0.388. The molecule has 0 aromatic carbocycles. The highest BCUT2D eigenvalue weighted by Gasteiger charge is 2.03. The van der Waals surface area contributed by atoms with Gasteiger partial charge in [-0.1, -0.05) is 19.0 Å². The zero-order valence-electron chi connectivity index (χ0n) is 5.39. The first-order valence-electron chi connectivity index (χ1n) is 2.82. The van der Waals surface area contributed by atoms with Gasteiger partial charge in [-0.25, -0.2) is 0 Å². The van der Waals surface area contributed by atoms with Crippen LogP contribution in [0.4, 0.5) is 0 Å². The molecule has 0 atom stereocenters. The minimum atomic E-state index is 0.470. The largest absolute Gasteiger partial charge is 0.350 e. The van der Waals surface area contributed by atoms with Crippen molar-refractivity contribution in [2.24, 2.45) is 0 Å². The minimum absolute atomic E-state index is 0.470. The molecule has 0 unspecified atom stereocenters. The first-order chi connectivity index (χ1) is 4.20. The van der Waals surface area contributed by atoms with Gasteiger partial charge in [0.05, 0.1) is 5.69 Å². The Morgan fingerprint density at radius 3 is 2.56 bits per heavy atom. The predicted octanol–water partition coefficient (Wildman–Crippen LogP) is 2.40. The van der Waals surface area contributed by atoms with E-state index in [4.69, 9.17) is 4.52 Å². The van der Waals surface area contributed by atoms with E-state index in [2.05, 4.69) is 41.6 Å². The van der Waals surface area contributed by atoms with Crippen LogP contribution in [0.2, 0.25) is 0 Å². The Labute approximate surface area is 67.8 Å². The van der Waals surface area contributed by atoms with Gasteiger partial charge in [-0.15, -0.1) is 0 Å². The molecule has 1 heterocycles. The van der Waals surface area contributed by atoms with E-state index in [1.807, 2.05) is 6.07 Å². The van der Waals surface area contributed by atoms with Crippen LogP contribution in [-0.4, -0.2) is 5.16 Å². The number of aromatic nitrogens is 1. The molecule has 0 radical (unpaired) electrons. The lowest BCUT2D eigenvalue weighted by atomic mass is 10.1. The summed E-state index contributed by atoms with van der Waals surface area (Å²) >= 11 is 2.10. The molecule has 0 N–H and O–H groups in total. The number of hydrogen-bond acceptors (Lipinski definition) is 2. The van der Waals surface area contributed by atoms with E-state index in [1.54, 1.807) is 0 Å². The summed E-state index contributed by atoms with van der Waals surface area (Å²) in [6.07, 6.45) is 0. The fraction of sp³-hybridized carbons (Fsp3) is 0.500. The van der Waals surface area contributed by atoms with Gasteiger partial charge in [-0.05, 0) is 5.92 Å². The molecule has 0 fully saturated rings. The van der Waals surface area contributed by atoms with Gasteiger partial charge >= 0.3 is 0 Å². The number of nitrogens with zero attached hydrogens (tertiary/aromatic N) is 1. The van der Waals surface area contributed by atoms with Crippen molar-refractivity contribution in [1.82, 2.24) is 5.16 Å². The average molecular weight is 237 g/mol. The van der Waals surface area contributed by atoms with Crippen molar-refractivity contribution in [3.05, 3.63) is 15.5 Å². The van der Waals surface area contributed by atoms with E-state index in [1.165, 1.54) is 0 Å². The van der Waals surface area contributed by atoms with E-state index >= 15 is 0 Å². The normalized spacial score (nSPS) is 10.7. The molecular formula is C6H8INO. The highest BCUT2D eigenvalue weighted by molar-refractivity contribution is 14.1. The molecule has 50 valence electrons. The Balaban J connectivity index is 2.85. The predicted molar refractivity (Wildman–Crippen MR) is 43.3 cm³/mol. The van der Waals surface area contributed by atoms with E-state index in [9.17, 15) is 0 Å². The van der Waals surface area contributed by atoms with Gasteiger partial charge < -0.3 is 4.52 Å². The molecule has 0 aliphatic carbocycles. The van der Waals surface area contributed by atoms with Crippen LogP contribution < -0.4 is 0 Å². The third-order valence-electron chi connectivity index (χ3n) is 1.09. The van der Waals surface area contributed by atoms with Crippen LogP contribution in [0.1, 0.15) is 25.5 Å². The molecule has 9 heavy (non-hydrogen) atoms. The van der Waals surface area contributed by atoms with Crippen molar-refractivity contribution < 1.29 is 4.52 Å². The van der Waals surface area contributed by atoms with Gasteiger partial charge in [0.1, 0.15) is 0 Å². The van der Waals surface area contributed by atoms with Gasteiger partial charge in [0.15, 0.2) is 3.77 Å². The number of halogens is 1. The SMILES string of the molecule is CC(C)c1cc(I)on1. The Morgan fingerprint density at radius 2 is 2.33 bits per heavy atom. The Hall–Kier alpha value is -0.0600. The Bertz CT molecular complexity index is 195. The molecule has 1 rings (SSSR count). The van der Waals surface area contributed by atoms with Crippen molar-refractivity contribution in [3.8, 4) is 0 Å². The maximum atomic E-state index is 4.86. The van der Waals surface area contributed by atoms with Crippen molar-refractivity contribution in [3.63, 3.8) is 0 Å². The minimum Gasteiger partial charge on any atom is -0.350 e. The maximum absolute atomic E-state index is 4.86. The topological polar surface area (TPSA) is 26.0 Å². The summed E-state index contributed by atoms with van der Waals surface area (Å²) in [6.45, 7) is 4.18. The Kier molecular flexibility index (Phi) is 2.10. The van der Waals surface area contributed by atoms with E-state index < -0.39 is 0 Å². The second kappa shape index (κ2) is 2.68. The van der Waals surface area contributed by atoms with Gasteiger partial charge in [0.25, 0.3) is 0 Å². The summed E-state index contributed by atoms with van der Waals surface area (Å²) in [5, 5.41) is 3.83. The van der Waals surface area contributed by atoms with Crippen molar-refractivity contribution >= 4 is 22.6 Å². The first-order valence-corrected chi connectivity index (χ1v) is 3.90. The van der Waals surface area contributed by atoms with Gasteiger partial charge in [-0.3, -0.25) is 0 Å². The van der Waals surface area contributed by atoms with Gasteiger partial charge in [-0.2, -0.15) is 0 Å². The zero-order chi connectivity index (χ0) is 6.85. The molecule has 1 aromatic rings. The van der Waals surface area contributed by atoms with Crippen LogP contribution in [0.25, 0.3) is 0 Å². The maximum Gasteiger partial charge on any atom is 0.196 e. The van der Waals surface area contributed by atoms with Crippen molar-refractivity contribution in [2.45, 2.75) is 19.8 Å². The molecule has 0 amide bonds. The van der Waals surface area contributed by atoms with E-state index in [0.717, 1.165) is 9.46 Å². The third kappa shape index (κ3) is 1.67. The lowest BCUT2D eigenvalue weighted by Gasteiger charge is -1.92. The van der Waals surface area contributed by atoms with Crippen LogP contribution >= 0.6 is 22.6 Å². The molecule has 0 aliphatic rings. The summed E-state index contributed by atoms with van der Waals surface area (Å²) < 4.78 is 5.72. The molecule has 3 heteroatoms. The number of hydrogen-bond donors (Lipinski definition) is 0. The molecular weight excluding hydrogens is 229 g/mol. The van der Waals surface area contributed by atoms with Crippen molar-refractivity contribution in [1.29, 1.82) is 0 Å². The van der Waals surface area contributed by atoms with Crippen LogP contribution in [0.5, 0.6) is 0 Å². The van der Waals surface area contributed by atoms with Crippen LogP contribution in [0.3, 0.4) is 0 Å². The molecule has 0 aliphatic heterocycles. The molecule has 0 saturated heterocycles. The Morgan fingerprint density at radius 1 is 1.67 bits per heavy atom. The highest BCUT2D eigenvalue weighted by Crippen LogP contribution is 2.14. The van der Waals surface area contributed by atoms with Crippen LogP contribution in [0, 0.1) is 3.77 Å². The summed E-state index contributed by atoms with van der Waals surface area (Å²) in [4.78, 5) is 0. The second-order valence-corrected chi connectivity index (χ2v) is 3.27. The fourth-order valence-electron chi connectivity index (χ4n) is 0.537. The van der Waals surface area contributed by atoms with E-state index in [0.29, 0.717) is 5.92 Å². The molecule has 1 aromatic heterocycles. The zero-order valence-corrected chi connectivity index (χ0v) is 7.55. The molecule has 0 saturated carbocycles. The monoisotopic (exact) mass is 237 g/mol. The average Bonchev–Trinajstić information content (AvgIpc) is 2.14. The standard InChI is InChI=1S/C6H8INO/c1-4(2)5-3-6(7)9-8-5/h3-4H,1-2H3. The smallest absolute Gasteiger partial charge is 0.196 e. The van der Waals surface area contributed by atoms with Crippen LogP contribution in [0.15, 0.2) is 10.6 Å². The third-order valence-corrected chi connectivity index (χ3v) is 1.60.